The first-order valence-corrected chi connectivity index (χ1v) is 12.3. The molecule has 1 aliphatic heterocycles. The van der Waals surface area contributed by atoms with Crippen molar-refractivity contribution in [1.82, 2.24) is 5.32 Å². The van der Waals surface area contributed by atoms with E-state index in [4.69, 9.17) is 4.74 Å². The minimum absolute atomic E-state index is 0.269. The summed E-state index contributed by atoms with van der Waals surface area (Å²) in [6.07, 6.45) is 1.72. The van der Waals surface area contributed by atoms with E-state index < -0.39 is 21.7 Å². The lowest BCUT2D eigenvalue weighted by atomic mass is 9.89. The smallest absolute Gasteiger partial charge is 0.244 e. The van der Waals surface area contributed by atoms with Crippen LogP contribution in [0.5, 0.6) is 5.75 Å². The molecule has 0 saturated carbocycles. The van der Waals surface area contributed by atoms with Crippen LogP contribution in [0.2, 0.25) is 0 Å². The molecule has 1 N–H and O–H groups in total. The van der Waals surface area contributed by atoms with Gasteiger partial charge in [0.05, 0.1) is 18.0 Å². The second-order valence-electron chi connectivity index (χ2n) is 9.25. The molecule has 168 valence electrons. The van der Waals surface area contributed by atoms with Crippen LogP contribution >= 0.6 is 0 Å². The molecule has 2 aromatic carbocycles. The van der Waals surface area contributed by atoms with E-state index in [9.17, 15) is 13.2 Å². The highest BCUT2D eigenvalue weighted by Crippen LogP contribution is 2.40. The van der Waals surface area contributed by atoms with Crippen LogP contribution in [0.1, 0.15) is 55.5 Å². The standard InChI is InChI=1S/C24H32N2O4S/c1-15-8-9-20-21(14-24(5,6)30-22(20)13-15)25-23(27)18(4)26(31(7,28)29)19-11-16(2)10-17(3)12-19/h8-13,18,21H,14H2,1-7H3,(H,25,27). The molecule has 0 radical (unpaired) electrons. The van der Waals surface area contributed by atoms with Gasteiger partial charge in [-0.2, -0.15) is 0 Å². The van der Waals surface area contributed by atoms with E-state index in [0.717, 1.165) is 34.3 Å². The van der Waals surface area contributed by atoms with E-state index in [1.54, 1.807) is 19.1 Å². The van der Waals surface area contributed by atoms with Crippen LogP contribution in [0.15, 0.2) is 36.4 Å². The van der Waals surface area contributed by atoms with Crippen LogP contribution in [0.25, 0.3) is 0 Å². The molecular formula is C24H32N2O4S. The van der Waals surface area contributed by atoms with Gasteiger partial charge in [0.2, 0.25) is 15.9 Å². The maximum absolute atomic E-state index is 13.3. The lowest BCUT2D eigenvalue weighted by Crippen LogP contribution is -2.50. The fraction of sp³-hybridized carbons (Fsp3) is 0.458. The molecule has 1 aliphatic rings. The summed E-state index contributed by atoms with van der Waals surface area (Å²) in [4.78, 5) is 13.3. The summed E-state index contributed by atoms with van der Waals surface area (Å²) in [6.45, 7) is 11.4. The van der Waals surface area contributed by atoms with Gasteiger partial charge in [-0.05, 0) is 76.4 Å². The van der Waals surface area contributed by atoms with Crippen LogP contribution < -0.4 is 14.4 Å². The summed E-state index contributed by atoms with van der Waals surface area (Å²) in [7, 11) is -3.68. The van der Waals surface area contributed by atoms with Crippen molar-refractivity contribution < 1.29 is 17.9 Å². The minimum Gasteiger partial charge on any atom is -0.487 e. The topological polar surface area (TPSA) is 75.7 Å². The van der Waals surface area contributed by atoms with E-state index in [1.807, 2.05) is 58.9 Å². The summed E-state index contributed by atoms with van der Waals surface area (Å²) in [6, 6.07) is 10.3. The van der Waals surface area contributed by atoms with Crippen molar-refractivity contribution in [1.29, 1.82) is 0 Å². The van der Waals surface area contributed by atoms with Gasteiger partial charge in [-0.1, -0.05) is 18.2 Å². The number of sulfonamides is 1. The van der Waals surface area contributed by atoms with Crippen molar-refractivity contribution in [2.45, 2.75) is 65.6 Å². The molecule has 6 nitrogen and oxygen atoms in total. The number of carbonyl (C=O) groups excluding carboxylic acids is 1. The Morgan fingerprint density at radius 1 is 1.10 bits per heavy atom. The Hall–Kier alpha value is -2.54. The molecule has 0 fully saturated rings. The third-order valence-corrected chi connectivity index (χ3v) is 6.73. The van der Waals surface area contributed by atoms with Crippen LogP contribution in [-0.4, -0.2) is 32.2 Å². The fourth-order valence-electron chi connectivity index (χ4n) is 4.27. The Morgan fingerprint density at radius 3 is 2.29 bits per heavy atom. The van der Waals surface area contributed by atoms with Gasteiger partial charge in [-0.15, -0.1) is 0 Å². The lowest BCUT2D eigenvalue weighted by molar-refractivity contribution is -0.123. The first-order valence-electron chi connectivity index (χ1n) is 10.4. The number of amides is 1. The quantitative estimate of drug-likeness (QED) is 0.750. The van der Waals surface area contributed by atoms with E-state index in [0.29, 0.717) is 12.1 Å². The van der Waals surface area contributed by atoms with Crippen molar-refractivity contribution in [3.8, 4) is 5.75 Å². The molecule has 1 amide bonds. The van der Waals surface area contributed by atoms with Crippen LogP contribution in [-0.2, 0) is 14.8 Å². The van der Waals surface area contributed by atoms with Crippen molar-refractivity contribution >= 4 is 21.6 Å². The highest BCUT2D eigenvalue weighted by Gasteiger charge is 2.37. The number of hydrogen-bond acceptors (Lipinski definition) is 4. The Balaban J connectivity index is 1.93. The van der Waals surface area contributed by atoms with Gasteiger partial charge in [0.15, 0.2) is 0 Å². The van der Waals surface area contributed by atoms with Crippen LogP contribution in [0.4, 0.5) is 5.69 Å². The number of rotatable bonds is 5. The number of fused-ring (bicyclic) bond motifs is 1. The lowest BCUT2D eigenvalue weighted by Gasteiger charge is -2.39. The number of nitrogens with one attached hydrogen (secondary N) is 1. The average Bonchev–Trinajstić information content (AvgIpc) is 2.58. The van der Waals surface area contributed by atoms with Gasteiger partial charge in [0.1, 0.15) is 17.4 Å². The molecule has 2 aromatic rings. The molecule has 2 atom stereocenters. The van der Waals surface area contributed by atoms with Crippen molar-refractivity contribution in [3.63, 3.8) is 0 Å². The third-order valence-electron chi connectivity index (χ3n) is 5.49. The highest BCUT2D eigenvalue weighted by molar-refractivity contribution is 7.92. The van der Waals surface area contributed by atoms with Gasteiger partial charge in [0.25, 0.3) is 0 Å². The van der Waals surface area contributed by atoms with Crippen LogP contribution in [0.3, 0.4) is 0 Å². The Labute approximate surface area is 185 Å². The van der Waals surface area contributed by atoms with E-state index in [1.165, 1.54) is 4.31 Å². The van der Waals surface area contributed by atoms with Gasteiger partial charge in [-0.25, -0.2) is 8.42 Å². The maximum atomic E-state index is 13.3. The number of carbonyl (C=O) groups is 1. The molecule has 0 aliphatic carbocycles. The molecule has 0 aromatic heterocycles. The Bertz CT molecular complexity index is 1090. The molecule has 0 saturated heterocycles. The largest absolute Gasteiger partial charge is 0.487 e. The van der Waals surface area contributed by atoms with E-state index >= 15 is 0 Å². The monoisotopic (exact) mass is 444 g/mol. The van der Waals surface area contributed by atoms with E-state index in [-0.39, 0.29) is 11.9 Å². The molecule has 2 unspecified atom stereocenters. The molecule has 3 rings (SSSR count). The second-order valence-corrected chi connectivity index (χ2v) is 11.1. The van der Waals surface area contributed by atoms with Crippen LogP contribution in [0, 0.1) is 20.8 Å². The molecular weight excluding hydrogens is 412 g/mol. The number of anilines is 1. The third kappa shape index (κ3) is 5.21. The fourth-order valence-corrected chi connectivity index (χ4v) is 5.43. The molecule has 7 heteroatoms. The normalized spacial score (nSPS) is 18.5. The summed E-state index contributed by atoms with van der Waals surface area (Å²) in [5, 5.41) is 3.08. The first kappa shape index (κ1) is 23.1. The Morgan fingerprint density at radius 2 is 1.71 bits per heavy atom. The number of nitrogens with zero attached hydrogens (tertiary/aromatic N) is 1. The SMILES string of the molecule is Cc1cc(C)cc(N(C(C)C(=O)NC2CC(C)(C)Oc3cc(C)ccc32)S(C)(=O)=O)c1. The number of hydrogen-bond donors (Lipinski definition) is 1. The predicted molar refractivity (Wildman–Crippen MR) is 124 cm³/mol. The average molecular weight is 445 g/mol. The second kappa shape index (κ2) is 8.19. The zero-order valence-electron chi connectivity index (χ0n) is 19.3. The van der Waals surface area contributed by atoms with Gasteiger partial charge >= 0.3 is 0 Å². The summed E-state index contributed by atoms with van der Waals surface area (Å²) in [5.74, 6) is 0.405. The van der Waals surface area contributed by atoms with Crippen molar-refractivity contribution in [3.05, 3.63) is 58.7 Å². The number of ether oxygens (including phenoxy) is 1. The molecule has 0 spiro atoms. The van der Waals surface area contributed by atoms with Crippen molar-refractivity contribution in [2.24, 2.45) is 0 Å². The van der Waals surface area contributed by atoms with E-state index in [2.05, 4.69) is 5.32 Å². The van der Waals surface area contributed by atoms with Crippen molar-refractivity contribution in [2.75, 3.05) is 10.6 Å². The van der Waals surface area contributed by atoms with Gasteiger partial charge < -0.3 is 10.1 Å². The Kier molecular flexibility index (Phi) is 6.11. The maximum Gasteiger partial charge on any atom is 0.244 e. The number of aryl methyl sites for hydroxylation is 3. The minimum atomic E-state index is -3.68. The molecule has 31 heavy (non-hydrogen) atoms. The predicted octanol–water partition coefficient (Wildman–Crippen LogP) is 4.18. The summed E-state index contributed by atoms with van der Waals surface area (Å²) >= 11 is 0. The van der Waals surface area contributed by atoms with Gasteiger partial charge in [-0.3, -0.25) is 9.10 Å². The first-order chi connectivity index (χ1) is 14.3. The van der Waals surface area contributed by atoms with Gasteiger partial charge in [0, 0.05) is 12.0 Å². The number of benzene rings is 2. The summed E-state index contributed by atoms with van der Waals surface area (Å²) < 4.78 is 32.6. The zero-order valence-corrected chi connectivity index (χ0v) is 20.1. The molecule has 1 heterocycles. The zero-order chi connectivity index (χ0) is 23.1. The molecule has 0 bridgehead atoms. The summed E-state index contributed by atoms with van der Waals surface area (Å²) in [5.41, 5.74) is 3.90. The highest BCUT2D eigenvalue weighted by atomic mass is 32.2.